The molecule has 0 aliphatic heterocycles. The predicted octanol–water partition coefficient (Wildman–Crippen LogP) is 2.09. The summed E-state index contributed by atoms with van der Waals surface area (Å²) < 4.78 is 15.6. The summed E-state index contributed by atoms with van der Waals surface area (Å²) in [5.74, 6) is 0.619. The molecule has 0 heterocycles. The van der Waals surface area contributed by atoms with Crippen LogP contribution in [0.25, 0.3) is 0 Å². The lowest BCUT2D eigenvalue weighted by Crippen LogP contribution is -2.14. The maximum atomic E-state index is 5.46. The summed E-state index contributed by atoms with van der Waals surface area (Å²) in [6, 6.07) is 0. The average Bonchev–Trinajstić information content (AvgIpc) is 2.22. The third kappa shape index (κ3) is 8.94. The molecule has 0 aliphatic carbocycles. The van der Waals surface area contributed by atoms with E-state index in [9.17, 15) is 0 Å². The van der Waals surface area contributed by atoms with E-state index in [0.717, 1.165) is 18.4 Å². The summed E-state index contributed by atoms with van der Waals surface area (Å²) in [4.78, 5) is 0. The fourth-order valence-electron chi connectivity index (χ4n) is 0.884. The highest BCUT2D eigenvalue weighted by Crippen LogP contribution is 2.06. The summed E-state index contributed by atoms with van der Waals surface area (Å²) in [6.45, 7) is 5.61. The van der Waals surface area contributed by atoms with Crippen LogP contribution in [0.15, 0.2) is 0 Å². The third-order valence-corrected chi connectivity index (χ3v) is 2.87. The van der Waals surface area contributed by atoms with Crippen molar-refractivity contribution in [2.24, 2.45) is 5.92 Å². The molecule has 1 unspecified atom stereocenters. The van der Waals surface area contributed by atoms with E-state index in [4.69, 9.17) is 14.2 Å². The molecule has 0 amide bonds. The quantitative estimate of drug-likeness (QED) is 0.449. The summed E-state index contributed by atoms with van der Waals surface area (Å²) in [6.07, 6.45) is 1.15. The summed E-state index contributed by atoms with van der Waals surface area (Å²) in [7, 11) is 1.67. The molecule has 4 heteroatoms. The van der Waals surface area contributed by atoms with Gasteiger partial charge in [-0.15, -0.1) is 0 Å². The highest BCUT2D eigenvalue weighted by Gasteiger charge is 2.03. The molecule has 0 saturated carbocycles. The van der Waals surface area contributed by atoms with Crippen LogP contribution in [0.5, 0.6) is 0 Å². The van der Waals surface area contributed by atoms with Gasteiger partial charge in [-0.3, -0.25) is 0 Å². The van der Waals surface area contributed by atoms with Gasteiger partial charge >= 0.3 is 0 Å². The van der Waals surface area contributed by atoms with Crippen molar-refractivity contribution in [3.05, 3.63) is 0 Å². The Morgan fingerprint density at radius 3 is 2.29 bits per heavy atom. The van der Waals surface area contributed by atoms with E-state index < -0.39 is 0 Å². The minimum Gasteiger partial charge on any atom is -0.382 e. The van der Waals surface area contributed by atoms with Gasteiger partial charge in [-0.05, 0) is 5.92 Å². The Bertz CT molecular complexity index is 108. The van der Waals surface area contributed by atoms with Crippen LogP contribution in [-0.4, -0.2) is 45.5 Å². The molecule has 3 nitrogen and oxygen atoms in total. The van der Waals surface area contributed by atoms with E-state index in [2.05, 4.69) is 22.9 Å². The zero-order valence-corrected chi connectivity index (χ0v) is 10.7. The van der Waals surface area contributed by atoms with Gasteiger partial charge in [0.15, 0.2) is 0 Å². The second kappa shape index (κ2) is 11.4. The van der Waals surface area contributed by atoms with Crippen molar-refractivity contribution < 1.29 is 14.2 Å². The van der Waals surface area contributed by atoms with E-state index >= 15 is 0 Å². The summed E-state index contributed by atoms with van der Waals surface area (Å²) in [5.41, 5.74) is 0. The third-order valence-electron chi connectivity index (χ3n) is 1.95. The number of ether oxygens (including phenoxy) is 3. The molecule has 14 heavy (non-hydrogen) atoms. The number of alkyl halides is 1. The van der Waals surface area contributed by atoms with Crippen LogP contribution >= 0.6 is 15.9 Å². The van der Waals surface area contributed by atoms with Crippen molar-refractivity contribution in [2.75, 3.05) is 45.5 Å². The molecular weight excluding hydrogens is 248 g/mol. The van der Waals surface area contributed by atoms with Gasteiger partial charge in [0.1, 0.15) is 0 Å². The minimum absolute atomic E-state index is 0.619. The minimum atomic E-state index is 0.619. The zero-order chi connectivity index (χ0) is 10.6. The smallest absolute Gasteiger partial charge is 0.0701 e. The Hall–Kier alpha value is 0.360. The van der Waals surface area contributed by atoms with E-state index in [1.165, 1.54) is 0 Å². The largest absolute Gasteiger partial charge is 0.382 e. The van der Waals surface area contributed by atoms with Crippen molar-refractivity contribution in [1.82, 2.24) is 0 Å². The van der Waals surface area contributed by atoms with Crippen molar-refractivity contribution in [1.29, 1.82) is 0 Å². The maximum Gasteiger partial charge on any atom is 0.0701 e. The van der Waals surface area contributed by atoms with Crippen molar-refractivity contribution >= 4 is 15.9 Å². The maximum absolute atomic E-state index is 5.46. The fraction of sp³-hybridized carbons (Fsp3) is 1.00. The summed E-state index contributed by atoms with van der Waals surface area (Å²) in [5, 5.41) is 1.01. The first-order valence-corrected chi connectivity index (χ1v) is 6.17. The van der Waals surface area contributed by atoms with Crippen LogP contribution in [0, 0.1) is 5.92 Å². The Morgan fingerprint density at radius 2 is 1.71 bits per heavy atom. The van der Waals surface area contributed by atoms with Crippen molar-refractivity contribution in [3.63, 3.8) is 0 Å². The van der Waals surface area contributed by atoms with Crippen LogP contribution in [0.3, 0.4) is 0 Å². The second-order valence-electron chi connectivity index (χ2n) is 3.11. The predicted molar refractivity (Wildman–Crippen MR) is 61.1 cm³/mol. The molecule has 0 N–H and O–H groups in total. The number of hydrogen-bond acceptors (Lipinski definition) is 3. The van der Waals surface area contributed by atoms with E-state index in [1.54, 1.807) is 7.11 Å². The van der Waals surface area contributed by atoms with Crippen molar-refractivity contribution in [2.45, 2.75) is 13.3 Å². The molecule has 0 spiro atoms. The van der Waals surface area contributed by atoms with E-state index in [-0.39, 0.29) is 0 Å². The normalized spacial score (nSPS) is 13.1. The topological polar surface area (TPSA) is 27.7 Å². The van der Waals surface area contributed by atoms with Crippen LogP contribution in [0.1, 0.15) is 13.3 Å². The molecule has 0 radical (unpaired) electrons. The number of halogens is 1. The lowest BCUT2D eigenvalue weighted by atomic mass is 10.1. The molecule has 0 rings (SSSR count). The van der Waals surface area contributed by atoms with Gasteiger partial charge in [-0.1, -0.05) is 29.3 Å². The highest BCUT2D eigenvalue weighted by atomic mass is 79.9. The van der Waals surface area contributed by atoms with Crippen LogP contribution in [0.2, 0.25) is 0 Å². The van der Waals surface area contributed by atoms with Gasteiger partial charge in [0.2, 0.25) is 0 Å². The Labute approximate surface area is 95.2 Å². The van der Waals surface area contributed by atoms with Gasteiger partial charge in [0.05, 0.1) is 33.0 Å². The molecular formula is C10H21BrO3. The molecule has 0 aromatic carbocycles. The number of methoxy groups -OCH3 is 1. The molecule has 0 aromatic heterocycles. The lowest BCUT2D eigenvalue weighted by Gasteiger charge is -2.11. The average molecular weight is 269 g/mol. The Morgan fingerprint density at radius 1 is 1.07 bits per heavy atom. The van der Waals surface area contributed by atoms with Gasteiger partial charge < -0.3 is 14.2 Å². The van der Waals surface area contributed by atoms with Crippen LogP contribution < -0.4 is 0 Å². The van der Waals surface area contributed by atoms with Gasteiger partial charge in [-0.25, -0.2) is 0 Å². The second-order valence-corrected chi connectivity index (χ2v) is 3.76. The van der Waals surface area contributed by atoms with Gasteiger partial charge in [-0.2, -0.15) is 0 Å². The Kier molecular flexibility index (Phi) is 11.7. The molecule has 0 aromatic rings. The number of rotatable bonds is 10. The molecule has 0 saturated heterocycles. The standard InChI is InChI=1S/C10H21BrO3/c1-3-10(8-11)9-14-7-6-13-5-4-12-2/h10H,3-9H2,1-2H3. The molecule has 1 atom stereocenters. The van der Waals surface area contributed by atoms with Crippen LogP contribution in [-0.2, 0) is 14.2 Å². The highest BCUT2D eigenvalue weighted by molar-refractivity contribution is 9.09. The molecule has 0 aliphatic rings. The fourth-order valence-corrected chi connectivity index (χ4v) is 1.53. The van der Waals surface area contributed by atoms with E-state index in [0.29, 0.717) is 32.3 Å². The first-order valence-electron chi connectivity index (χ1n) is 5.05. The van der Waals surface area contributed by atoms with Gasteiger partial charge in [0, 0.05) is 12.4 Å². The monoisotopic (exact) mass is 268 g/mol. The number of hydrogen-bond donors (Lipinski definition) is 0. The lowest BCUT2D eigenvalue weighted by molar-refractivity contribution is 0.0172. The Balaban J connectivity index is 3.04. The van der Waals surface area contributed by atoms with Gasteiger partial charge in [0.25, 0.3) is 0 Å². The van der Waals surface area contributed by atoms with Crippen molar-refractivity contribution in [3.8, 4) is 0 Å². The molecule has 0 bridgehead atoms. The first kappa shape index (κ1) is 14.4. The summed E-state index contributed by atoms with van der Waals surface area (Å²) >= 11 is 3.45. The zero-order valence-electron chi connectivity index (χ0n) is 9.13. The van der Waals surface area contributed by atoms with E-state index in [1.807, 2.05) is 0 Å². The van der Waals surface area contributed by atoms with Crippen LogP contribution in [0.4, 0.5) is 0 Å². The molecule has 0 fully saturated rings. The first-order chi connectivity index (χ1) is 6.85. The SMILES string of the molecule is CCC(CBr)COCCOCCOC. The molecule has 86 valence electrons.